The standard InChI is InChI=1S/C28H27FN8O2/c1-28(39,22-2-4-24(29)5-3-22)23-14-30-27(31-15-23)35-8-6-19(7-9-35)26-25-12-20(17-37(25)34-18-32-26)21-13-33-36(16-21)10-11-38/h2-6,12-18,38-39H,7-11H2,1H3. The molecule has 4 aromatic heterocycles. The lowest BCUT2D eigenvalue weighted by molar-refractivity contribution is 0.101. The Labute approximate surface area is 223 Å². The summed E-state index contributed by atoms with van der Waals surface area (Å²) >= 11 is 0. The number of hydrogen-bond acceptors (Lipinski definition) is 8. The fourth-order valence-corrected chi connectivity index (χ4v) is 4.82. The SMILES string of the molecule is CC(O)(c1ccc(F)cc1)c1cnc(N2CC=C(c3ncnn4cc(-c5cnn(CCO)c5)cc34)CC2)nc1. The first-order valence-corrected chi connectivity index (χ1v) is 12.6. The molecule has 1 aliphatic rings. The number of aliphatic hydroxyl groups is 2. The van der Waals surface area contributed by atoms with E-state index in [1.165, 1.54) is 12.1 Å². The molecule has 5 aromatic rings. The zero-order chi connectivity index (χ0) is 27.0. The number of halogens is 1. The van der Waals surface area contributed by atoms with Crippen LogP contribution in [0, 0.1) is 5.82 Å². The van der Waals surface area contributed by atoms with Crippen LogP contribution in [0.2, 0.25) is 0 Å². The molecular formula is C28H27FN8O2. The van der Waals surface area contributed by atoms with Crippen molar-refractivity contribution in [3.05, 3.63) is 96.4 Å². The molecule has 0 saturated heterocycles. The Morgan fingerprint density at radius 2 is 1.77 bits per heavy atom. The Kier molecular flexibility index (Phi) is 6.37. The average molecular weight is 527 g/mol. The molecule has 0 radical (unpaired) electrons. The molecule has 10 nitrogen and oxygen atoms in total. The van der Waals surface area contributed by atoms with E-state index in [9.17, 15) is 9.50 Å². The van der Waals surface area contributed by atoms with Crippen LogP contribution in [0.5, 0.6) is 0 Å². The van der Waals surface area contributed by atoms with E-state index >= 15 is 0 Å². The quantitative estimate of drug-likeness (QED) is 0.332. The Morgan fingerprint density at radius 3 is 2.49 bits per heavy atom. The third kappa shape index (κ3) is 4.77. The Balaban J connectivity index is 1.20. The molecule has 0 bridgehead atoms. The molecule has 198 valence electrons. The number of hydrogen-bond donors (Lipinski definition) is 2. The number of benzene rings is 1. The lowest BCUT2D eigenvalue weighted by Gasteiger charge is -2.28. The third-order valence-corrected chi connectivity index (χ3v) is 7.10. The predicted molar refractivity (Wildman–Crippen MR) is 143 cm³/mol. The van der Waals surface area contributed by atoms with Crippen molar-refractivity contribution in [1.29, 1.82) is 0 Å². The molecule has 6 rings (SSSR count). The third-order valence-electron chi connectivity index (χ3n) is 7.10. The monoisotopic (exact) mass is 526 g/mol. The molecule has 11 heteroatoms. The Morgan fingerprint density at radius 1 is 0.974 bits per heavy atom. The van der Waals surface area contributed by atoms with E-state index in [-0.39, 0.29) is 12.4 Å². The van der Waals surface area contributed by atoms with Gasteiger partial charge in [-0.25, -0.2) is 23.9 Å². The minimum absolute atomic E-state index is 0.0334. The number of aliphatic hydroxyl groups excluding tert-OH is 1. The van der Waals surface area contributed by atoms with Crippen LogP contribution in [-0.2, 0) is 12.1 Å². The first kappa shape index (κ1) is 24.8. The molecule has 0 spiro atoms. The van der Waals surface area contributed by atoms with Gasteiger partial charge in [0.05, 0.1) is 30.6 Å². The van der Waals surface area contributed by atoms with E-state index in [1.807, 2.05) is 16.9 Å². The molecule has 5 heterocycles. The van der Waals surface area contributed by atoms with Crippen LogP contribution in [-0.4, -0.2) is 64.3 Å². The summed E-state index contributed by atoms with van der Waals surface area (Å²) in [6.45, 7) is 3.44. The van der Waals surface area contributed by atoms with Gasteiger partial charge in [-0.3, -0.25) is 4.68 Å². The summed E-state index contributed by atoms with van der Waals surface area (Å²) in [6.07, 6.45) is 13.3. The van der Waals surface area contributed by atoms with E-state index in [2.05, 4.69) is 42.2 Å². The summed E-state index contributed by atoms with van der Waals surface area (Å²) in [7, 11) is 0. The molecule has 2 N–H and O–H groups in total. The second kappa shape index (κ2) is 10.0. The maximum atomic E-state index is 13.3. The van der Waals surface area contributed by atoms with E-state index in [0.717, 1.165) is 34.3 Å². The molecule has 0 saturated carbocycles. The number of rotatable bonds is 7. The van der Waals surface area contributed by atoms with Crippen molar-refractivity contribution in [2.24, 2.45) is 0 Å². The van der Waals surface area contributed by atoms with Gasteiger partial charge in [0.25, 0.3) is 0 Å². The predicted octanol–water partition coefficient (Wildman–Crippen LogP) is 3.06. The van der Waals surface area contributed by atoms with E-state index in [0.29, 0.717) is 36.7 Å². The van der Waals surface area contributed by atoms with Gasteiger partial charge in [-0.2, -0.15) is 10.2 Å². The molecule has 0 aliphatic carbocycles. The summed E-state index contributed by atoms with van der Waals surface area (Å²) < 4.78 is 16.8. The largest absolute Gasteiger partial charge is 0.394 e. The van der Waals surface area contributed by atoms with Crippen molar-refractivity contribution >= 4 is 17.0 Å². The van der Waals surface area contributed by atoms with Gasteiger partial charge in [0.15, 0.2) is 0 Å². The van der Waals surface area contributed by atoms with Crippen LogP contribution >= 0.6 is 0 Å². The highest BCUT2D eigenvalue weighted by atomic mass is 19.1. The van der Waals surface area contributed by atoms with Gasteiger partial charge in [0.1, 0.15) is 17.7 Å². The Bertz CT molecular complexity index is 1640. The Hall–Kier alpha value is -4.48. The fraction of sp³-hybridized carbons (Fsp3) is 0.250. The highest BCUT2D eigenvalue weighted by Gasteiger charge is 2.27. The molecule has 1 unspecified atom stereocenters. The minimum atomic E-state index is -1.34. The highest BCUT2D eigenvalue weighted by Crippen LogP contribution is 2.31. The van der Waals surface area contributed by atoms with Gasteiger partial charge in [-0.05, 0) is 42.7 Å². The van der Waals surface area contributed by atoms with Crippen LogP contribution in [0.25, 0.3) is 22.2 Å². The topological polar surface area (TPSA) is 117 Å². The second-order valence-electron chi connectivity index (χ2n) is 9.66. The van der Waals surface area contributed by atoms with Gasteiger partial charge in [-0.15, -0.1) is 0 Å². The van der Waals surface area contributed by atoms with Gasteiger partial charge >= 0.3 is 0 Å². The molecule has 1 aliphatic heterocycles. The van der Waals surface area contributed by atoms with Gasteiger partial charge in [0.2, 0.25) is 5.95 Å². The molecule has 0 fully saturated rings. The molecular weight excluding hydrogens is 499 g/mol. The second-order valence-corrected chi connectivity index (χ2v) is 9.66. The first-order valence-electron chi connectivity index (χ1n) is 12.6. The van der Waals surface area contributed by atoms with Crippen LogP contribution in [0.4, 0.5) is 10.3 Å². The summed E-state index contributed by atoms with van der Waals surface area (Å²) in [5.41, 5.74) is 4.58. The van der Waals surface area contributed by atoms with Crippen molar-refractivity contribution < 1.29 is 14.6 Å². The summed E-state index contributed by atoms with van der Waals surface area (Å²) in [5, 5.41) is 28.9. The lowest BCUT2D eigenvalue weighted by Crippen LogP contribution is -2.30. The molecule has 0 amide bonds. The minimum Gasteiger partial charge on any atom is -0.394 e. The number of anilines is 1. The van der Waals surface area contributed by atoms with E-state index < -0.39 is 5.60 Å². The van der Waals surface area contributed by atoms with E-state index in [4.69, 9.17) is 5.11 Å². The van der Waals surface area contributed by atoms with Crippen molar-refractivity contribution in [3.63, 3.8) is 0 Å². The van der Waals surface area contributed by atoms with Crippen molar-refractivity contribution in [1.82, 2.24) is 34.3 Å². The van der Waals surface area contributed by atoms with Crippen molar-refractivity contribution in [2.75, 3.05) is 24.6 Å². The van der Waals surface area contributed by atoms with Gasteiger partial charge < -0.3 is 15.1 Å². The van der Waals surface area contributed by atoms with Crippen LogP contribution in [0.3, 0.4) is 0 Å². The van der Waals surface area contributed by atoms with Crippen LogP contribution in [0.1, 0.15) is 30.2 Å². The summed E-state index contributed by atoms with van der Waals surface area (Å²) in [6, 6.07) is 7.82. The summed E-state index contributed by atoms with van der Waals surface area (Å²) in [5.74, 6) is 0.215. The normalized spacial score (nSPS) is 15.4. The maximum Gasteiger partial charge on any atom is 0.225 e. The van der Waals surface area contributed by atoms with Crippen molar-refractivity contribution in [3.8, 4) is 11.1 Å². The van der Waals surface area contributed by atoms with Crippen LogP contribution in [0.15, 0.2) is 73.7 Å². The highest BCUT2D eigenvalue weighted by molar-refractivity contribution is 5.80. The molecule has 1 atom stereocenters. The number of aromatic nitrogens is 7. The number of nitrogens with zero attached hydrogens (tertiary/aromatic N) is 8. The van der Waals surface area contributed by atoms with Crippen molar-refractivity contribution in [2.45, 2.75) is 25.5 Å². The lowest BCUT2D eigenvalue weighted by atomic mass is 9.90. The maximum absolute atomic E-state index is 13.3. The fourth-order valence-electron chi connectivity index (χ4n) is 4.82. The van der Waals surface area contributed by atoms with Gasteiger partial charge in [0, 0.05) is 54.6 Å². The number of fused-ring (bicyclic) bond motifs is 1. The van der Waals surface area contributed by atoms with Crippen LogP contribution < -0.4 is 4.90 Å². The molecule has 1 aromatic carbocycles. The average Bonchev–Trinajstić information content (AvgIpc) is 3.61. The first-order chi connectivity index (χ1) is 18.9. The zero-order valence-electron chi connectivity index (χ0n) is 21.3. The summed E-state index contributed by atoms with van der Waals surface area (Å²) in [4.78, 5) is 15.7. The molecule has 39 heavy (non-hydrogen) atoms. The van der Waals surface area contributed by atoms with Gasteiger partial charge in [-0.1, -0.05) is 18.2 Å². The smallest absolute Gasteiger partial charge is 0.225 e. The van der Waals surface area contributed by atoms with E-state index in [1.54, 1.807) is 48.7 Å². The zero-order valence-corrected chi connectivity index (χ0v) is 21.3.